The first-order valence-electron chi connectivity index (χ1n) is 7.82. The molecule has 0 bridgehead atoms. The number of anilines is 1. The fourth-order valence-corrected chi connectivity index (χ4v) is 2.07. The maximum absolute atomic E-state index is 12.1. The van der Waals surface area contributed by atoms with Gasteiger partial charge in [-0.05, 0) is 55.8 Å². The Morgan fingerprint density at radius 2 is 1.76 bits per heavy atom. The van der Waals surface area contributed by atoms with E-state index >= 15 is 0 Å². The van der Waals surface area contributed by atoms with E-state index < -0.39 is 18.0 Å². The van der Waals surface area contributed by atoms with Crippen molar-refractivity contribution in [3.8, 4) is 11.5 Å². The summed E-state index contributed by atoms with van der Waals surface area (Å²) >= 11 is 0. The molecule has 2 rings (SSSR count). The molecule has 0 saturated carbocycles. The molecule has 0 spiro atoms. The van der Waals surface area contributed by atoms with Crippen LogP contribution in [0.5, 0.6) is 11.5 Å². The number of ether oxygens (including phenoxy) is 3. The fraction of sp³-hybridized carbons (Fsp3) is 0.263. The zero-order valence-corrected chi connectivity index (χ0v) is 14.4. The first kappa shape index (κ1) is 18.3. The van der Waals surface area contributed by atoms with Crippen molar-refractivity contribution in [3.63, 3.8) is 0 Å². The van der Waals surface area contributed by atoms with Crippen molar-refractivity contribution in [2.45, 2.75) is 20.0 Å². The standard InChI is InChI=1S/C19H21NO5/c1-13-5-4-6-15(11-13)20-19(22)14(2)25-18(21)12-24-17-9-7-16(23-3)8-10-17/h4-11,14H,12H2,1-3H3,(H,20,22)/t14-/m1/s1. The van der Waals surface area contributed by atoms with Crippen LogP contribution in [0.3, 0.4) is 0 Å². The molecule has 6 heteroatoms. The van der Waals surface area contributed by atoms with E-state index in [1.54, 1.807) is 37.4 Å². The molecule has 0 saturated heterocycles. The lowest BCUT2D eigenvalue weighted by molar-refractivity contribution is -0.155. The first-order chi connectivity index (χ1) is 12.0. The number of amides is 1. The Morgan fingerprint density at radius 3 is 2.40 bits per heavy atom. The van der Waals surface area contributed by atoms with E-state index in [1.165, 1.54) is 6.92 Å². The molecule has 2 aromatic rings. The molecular weight excluding hydrogens is 322 g/mol. The summed E-state index contributed by atoms with van der Waals surface area (Å²) in [5.41, 5.74) is 1.68. The molecule has 0 aliphatic heterocycles. The van der Waals surface area contributed by atoms with E-state index in [4.69, 9.17) is 14.2 Å². The number of nitrogens with one attached hydrogen (secondary N) is 1. The van der Waals surface area contributed by atoms with Crippen molar-refractivity contribution in [2.75, 3.05) is 19.0 Å². The predicted octanol–water partition coefficient (Wildman–Crippen LogP) is 2.95. The minimum absolute atomic E-state index is 0.283. The van der Waals surface area contributed by atoms with Gasteiger partial charge in [-0.3, -0.25) is 4.79 Å². The Hall–Kier alpha value is -3.02. The monoisotopic (exact) mass is 343 g/mol. The predicted molar refractivity (Wildman–Crippen MR) is 93.9 cm³/mol. The summed E-state index contributed by atoms with van der Waals surface area (Å²) < 4.78 is 15.4. The first-order valence-corrected chi connectivity index (χ1v) is 7.82. The number of hydrogen-bond acceptors (Lipinski definition) is 5. The number of carbonyl (C=O) groups excluding carboxylic acids is 2. The minimum atomic E-state index is -0.924. The maximum Gasteiger partial charge on any atom is 0.344 e. The van der Waals surface area contributed by atoms with Crippen molar-refractivity contribution in [2.24, 2.45) is 0 Å². The highest BCUT2D eigenvalue weighted by Crippen LogP contribution is 2.17. The average Bonchev–Trinajstić information content (AvgIpc) is 2.60. The van der Waals surface area contributed by atoms with Crippen LogP contribution in [0.2, 0.25) is 0 Å². The van der Waals surface area contributed by atoms with E-state index in [-0.39, 0.29) is 6.61 Å². The van der Waals surface area contributed by atoms with Crippen molar-refractivity contribution >= 4 is 17.6 Å². The molecule has 0 fully saturated rings. The lowest BCUT2D eigenvalue weighted by Crippen LogP contribution is -2.31. The van der Waals surface area contributed by atoms with Crippen molar-refractivity contribution in [1.82, 2.24) is 0 Å². The number of benzene rings is 2. The zero-order chi connectivity index (χ0) is 18.2. The van der Waals surface area contributed by atoms with Crippen molar-refractivity contribution in [1.29, 1.82) is 0 Å². The lowest BCUT2D eigenvalue weighted by Gasteiger charge is -2.14. The van der Waals surface area contributed by atoms with Crippen LogP contribution in [0.1, 0.15) is 12.5 Å². The molecule has 0 heterocycles. The number of methoxy groups -OCH3 is 1. The van der Waals surface area contributed by atoms with Gasteiger partial charge in [0.15, 0.2) is 12.7 Å². The van der Waals surface area contributed by atoms with E-state index in [1.807, 2.05) is 25.1 Å². The molecular formula is C19H21NO5. The number of esters is 1. The quantitative estimate of drug-likeness (QED) is 0.783. The van der Waals surface area contributed by atoms with Crippen molar-refractivity contribution < 1.29 is 23.8 Å². The van der Waals surface area contributed by atoms with Gasteiger partial charge in [0.2, 0.25) is 0 Å². The fourth-order valence-electron chi connectivity index (χ4n) is 2.07. The molecule has 25 heavy (non-hydrogen) atoms. The van der Waals surface area contributed by atoms with E-state index in [2.05, 4.69) is 5.32 Å². The molecule has 1 amide bonds. The summed E-state index contributed by atoms with van der Waals surface area (Å²) in [6.45, 7) is 3.15. The van der Waals surface area contributed by atoms with Gasteiger partial charge >= 0.3 is 5.97 Å². The Morgan fingerprint density at radius 1 is 1.08 bits per heavy atom. The second-order valence-electron chi connectivity index (χ2n) is 5.46. The molecule has 1 atom stereocenters. The highest BCUT2D eigenvalue weighted by Gasteiger charge is 2.18. The summed E-state index contributed by atoms with van der Waals surface area (Å²) in [7, 11) is 1.57. The van der Waals surface area contributed by atoms with Gasteiger partial charge in [-0.1, -0.05) is 12.1 Å². The second kappa shape index (κ2) is 8.73. The summed E-state index contributed by atoms with van der Waals surface area (Å²) in [5, 5.41) is 2.70. The van der Waals surface area contributed by atoms with Crippen LogP contribution < -0.4 is 14.8 Å². The SMILES string of the molecule is COc1ccc(OCC(=O)O[C@H](C)C(=O)Nc2cccc(C)c2)cc1. The largest absolute Gasteiger partial charge is 0.497 e. The average molecular weight is 343 g/mol. The van der Waals surface area contributed by atoms with E-state index in [0.717, 1.165) is 5.56 Å². The van der Waals surface area contributed by atoms with E-state index in [9.17, 15) is 9.59 Å². The van der Waals surface area contributed by atoms with Crippen LogP contribution in [0, 0.1) is 6.92 Å². The van der Waals surface area contributed by atoms with Gasteiger partial charge in [-0.2, -0.15) is 0 Å². The van der Waals surface area contributed by atoms with Gasteiger partial charge < -0.3 is 19.5 Å². The third-order valence-corrected chi connectivity index (χ3v) is 3.38. The van der Waals surface area contributed by atoms with Gasteiger partial charge in [0.1, 0.15) is 11.5 Å². The molecule has 2 aromatic carbocycles. The second-order valence-corrected chi connectivity index (χ2v) is 5.46. The molecule has 1 N–H and O–H groups in total. The Kier molecular flexibility index (Phi) is 6.39. The summed E-state index contributed by atoms with van der Waals surface area (Å²) in [5.74, 6) is 0.178. The van der Waals surface area contributed by atoms with Crippen LogP contribution in [0.4, 0.5) is 5.69 Å². The van der Waals surface area contributed by atoms with Gasteiger partial charge in [-0.25, -0.2) is 4.79 Å². The normalized spacial score (nSPS) is 11.3. The summed E-state index contributed by atoms with van der Waals surface area (Å²) in [4.78, 5) is 23.9. The molecule has 0 unspecified atom stereocenters. The van der Waals surface area contributed by atoms with Crippen LogP contribution in [0.15, 0.2) is 48.5 Å². The Bertz CT molecular complexity index is 727. The minimum Gasteiger partial charge on any atom is -0.497 e. The smallest absolute Gasteiger partial charge is 0.344 e. The molecule has 6 nitrogen and oxygen atoms in total. The van der Waals surface area contributed by atoms with Crippen LogP contribution >= 0.6 is 0 Å². The van der Waals surface area contributed by atoms with Gasteiger partial charge in [0, 0.05) is 5.69 Å². The third kappa shape index (κ3) is 5.84. The highest BCUT2D eigenvalue weighted by molar-refractivity contribution is 5.95. The van der Waals surface area contributed by atoms with Crippen LogP contribution in [-0.2, 0) is 14.3 Å². The molecule has 0 aliphatic rings. The van der Waals surface area contributed by atoms with Crippen molar-refractivity contribution in [3.05, 3.63) is 54.1 Å². The third-order valence-electron chi connectivity index (χ3n) is 3.38. The van der Waals surface area contributed by atoms with Gasteiger partial charge in [-0.15, -0.1) is 0 Å². The maximum atomic E-state index is 12.1. The van der Waals surface area contributed by atoms with Gasteiger partial charge in [0.25, 0.3) is 5.91 Å². The number of aryl methyl sites for hydroxylation is 1. The summed E-state index contributed by atoms with van der Waals surface area (Å²) in [6, 6.07) is 14.2. The topological polar surface area (TPSA) is 73.9 Å². The highest BCUT2D eigenvalue weighted by atomic mass is 16.6. The molecule has 0 aromatic heterocycles. The molecule has 0 radical (unpaired) electrons. The van der Waals surface area contributed by atoms with E-state index in [0.29, 0.717) is 17.2 Å². The van der Waals surface area contributed by atoms with Gasteiger partial charge in [0.05, 0.1) is 7.11 Å². The number of hydrogen-bond donors (Lipinski definition) is 1. The lowest BCUT2D eigenvalue weighted by atomic mass is 10.2. The number of carbonyl (C=O) groups is 2. The Balaban J connectivity index is 1.79. The van der Waals surface area contributed by atoms with Crippen LogP contribution in [-0.4, -0.2) is 31.7 Å². The molecule has 0 aliphatic carbocycles. The number of rotatable bonds is 7. The van der Waals surface area contributed by atoms with Crippen LogP contribution in [0.25, 0.3) is 0 Å². The zero-order valence-electron chi connectivity index (χ0n) is 14.4. The molecule has 132 valence electrons. The Labute approximate surface area is 146 Å². The summed E-state index contributed by atoms with van der Waals surface area (Å²) in [6.07, 6.45) is -0.924.